The molecule has 0 aliphatic rings. The number of nitrogens with zero attached hydrogens (tertiary/aromatic N) is 2. The summed E-state index contributed by atoms with van der Waals surface area (Å²) in [4.78, 5) is 16.4. The molecule has 0 heterocycles. The van der Waals surface area contributed by atoms with E-state index in [2.05, 4.69) is 29.2 Å². The number of rotatable bonds is 10. The maximum Gasteiger partial charge on any atom is 0.238 e. The van der Waals surface area contributed by atoms with Gasteiger partial charge in [-0.25, -0.2) is 0 Å². The van der Waals surface area contributed by atoms with E-state index < -0.39 is 0 Å². The van der Waals surface area contributed by atoms with Gasteiger partial charge in [-0.3, -0.25) is 9.69 Å². The van der Waals surface area contributed by atoms with Crippen LogP contribution in [0.5, 0.6) is 11.5 Å². The summed E-state index contributed by atoms with van der Waals surface area (Å²) in [6.07, 6.45) is 2.23. The Balaban J connectivity index is 1.73. The zero-order valence-corrected chi connectivity index (χ0v) is 15.9. The molecule has 2 rings (SSSR count). The molecule has 0 radical (unpaired) electrons. The summed E-state index contributed by atoms with van der Waals surface area (Å²) in [5.41, 5.74) is 0.774. The minimum atomic E-state index is -0.00293. The van der Waals surface area contributed by atoms with Crippen molar-refractivity contribution >= 4 is 11.6 Å². The average Bonchev–Trinajstić information content (AvgIpc) is 2.61. The van der Waals surface area contributed by atoms with Gasteiger partial charge in [-0.1, -0.05) is 18.2 Å². The molecule has 0 aromatic heterocycles. The molecule has 2 aromatic rings. The highest BCUT2D eigenvalue weighted by Gasteiger charge is 2.07. The smallest absolute Gasteiger partial charge is 0.238 e. The number of unbranched alkanes of at least 4 members (excludes halogenated alkanes) is 1. The van der Waals surface area contributed by atoms with E-state index in [0.29, 0.717) is 6.54 Å². The predicted molar refractivity (Wildman–Crippen MR) is 107 cm³/mol. The average molecular weight is 355 g/mol. The van der Waals surface area contributed by atoms with Crippen molar-refractivity contribution < 1.29 is 9.53 Å². The van der Waals surface area contributed by atoms with Crippen LogP contribution in [0.2, 0.25) is 0 Å². The van der Waals surface area contributed by atoms with Crippen LogP contribution in [-0.4, -0.2) is 56.5 Å². The summed E-state index contributed by atoms with van der Waals surface area (Å²) in [6.45, 7) is 2.40. The van der Waals surface area contributed by atoms with Crippen LogP contribution in [0.3, 0.4) is 0 Å². The van der Waals surface area contributed by atoms with E-state index >= 15 is 0 Å². The van der Waals surface area contributed by atoms with Crippen LogP contribution in [0.4, 0.5) is 5.69 Å². The maximum absolute atomic E-state index is 12.1. The number of hydrogen-bond acceptors (Lipinski definition) is 4. The van der Waals surface area contributed by atoms with Crippen LogP contribution in [0.25, 0.3) is 0 Å². The highest BCUT2D eigenvalue weighted by molar-refractivity contribution is 5.92. The predicted octanol–water partition coefficient (Wildman–Crippen LogP) is 3.69. The molecule has 0 spiro atoms. The van der Waals surface area contributed by atoms with Crippen LogP contribution in [0.1, 0.15) is 12.8 Å². The van der Waals surface area contributed by atoms with Crippen molar-refractivity contribution in [2.45, 2.75) is 12.8 Å². The molecule has 5 nitrogen and oxygen atoms in total. The van der Waals surface area contributed by atoms with Crippen molar-refractivity contribution in [3.05, 3.63) is 54.6 Å². The maximum atomic E-state index is 12.1. The second kappa shape index (κ2) is 10.6. The third-order valence-electron chi connectivity index (χ3n) is 3.93. The zero-order valence-electron chi connectivity index (χ0n) is 15.9. The van der Waals surface area contributed by atoms with Crippen LogP contribution in [0.15, 0.2) is 54.6 Å². The Morgan fingerprint density at radius 1 is 0.885 bits per heavy atom. The van der Waals surface area contributed by atoms with Crippen LogP contribution in [0, 0.1) is 0 Å². The second-order valence-corrected chi connectivity index (χ2v) is 6.74. The summed E-state index contributed by atoms with van der Waals surface area (Å²) in [7, 11) is 6.13. The number of hydrogen-bond donors (Lipinski definition) is 1. The monoisotopic (exact) mass is 355 g/mol. The molecule has 0 unspecified atom stereocenters. The van der Waals surface area contributed by atoms with Gasteiger partial charge in [0.25, 0.3) is 0 Å². The molecule has 2 aromatic carbocycles. The first kappa shape index (κ1) is 19.9. The summed E-state index contributed by atoms with van der Waals surface area (Å²) in [5.74, 6) is 1.53. The first-order chi connectivity index (χ1) is 12.5. The number of carbonyl (C=O) groups excluding carboxylic acids is 1. The van der Waals surface area contributed by atoms with Crippen LogP contribution >= 0.6 is 0 Å². The Kier molecular flexibility index (Phi) is 8.12. The zero-order chi connectivity index (χ0) is 18.8. The van der Waals surface area contributed by atoms with Crippen molar-refractivity contribution in [2.24, 2.45) is 0 Å². The molecule has 0 saturated heterocycles. The first-order valence-corrected chi connectivity index (χ1v) is 8.99. The van der Waals surface area contributed by atoms with Crippen molar-refractivity contribution in [2.75, 3.05) is 46.1 Å². The third-order valence-corrected chi connectivity index (χ3v) is 3.93. The van der Waals surface area contributed by atoms with Crippen molar-refractivity contribution in [1.82, 2.24) is 9.80 Å². The van der Waals surface area contributed by atoms with Gasteiger partial charge in [0.1, 0.15) is 11.5 Å². The molecule has 0 atom stereocenters. The lowest BCUT2D eigenvalue weighted by Crippen LogP contribution is -2.31. The first-order valence-electron chi connectivity index (χ1n) is 8.99. The summed E-state index contributed by atoms with van der Waals surface area (Å²) in [6, 6.07) is 17.0. The fourth-order valence-corrected chi connectivity index (χ4v) is 2.57. The number of anilines is 1. The second-order valence-electron chi connectivity index (χ2n) is 6.74. The standard InChI is InChI=1S/C21H29N3O2/c1-23(2)15-7-8-16-24(3)17-21(25)22-18-11-13-20(14-12-18)26-19-9-5-4-6-10-19/h4-6,9-14H,7-8,15-17H2,1-3H3,(H,22,25). The largest absolute Gasteiger partial charge is 0.457 e. The van der Waals surface area contributed by atoms with E-state index in [9.17, 15) is 4.79 Å². The molecule has 0 aliphatic carbocycles. The van der Waals surface area contributed by atoms with E-state index in [1.165, 1.54) is 0 Å². The van der Waals surface area contributed by atoms with E-state index in [1.807, 2.05) is 61.6 Å². The fraction of sp³-hybridized carbons (Fsp3) is 0.381. The van der Waals surface area contributed by atoms with Crippen molar-refractivity contribution in [1.29, 1.82) is 0 Å². The molecule has 140 valence electrons. The molecule has 26 heavy (non-hydrogen) atoms. The quantitative estimate of drug-likeness (QED) is 0.660. The van der Waals surface area contributed by atoms with Gasteiger partial charge in [-0.15, -0.1) is 0 Å². The van der Waals surface area contributed by atoms with Gasteiger partial charge in [0.2, 0.25) is 5.91 Å². The molecule has 0 fully saturated rings. The van der Waals surface area contributed by atoms with Gasteiger partial charge in [-0.2, -0.15) is 0 Å². The number of para-hydroxylation sites is 1. The molecule has 1 amide bonds. The SMILES string of the molecule is CN(C)CCCCN(C)CC(=O)Nc1ccc(Oc2ccccc2)cc1. The minimum absolute atomic E-state index is 0.00293. The van der Waals surface area contributed by atoms with E-state index in [0.717, 1.165) is 43.1 Å². The molecule has 0 bridgehead atoms. The van der Waals surface area contributed by atoms with Gasteiger partial charge in [0.15, 0.2) is 0 Å². The highest BCUT2D eigenvalue weighted by atomic mass is 16.5. The summed E-state index contributed by atoms with van der Waals surface area (Å²) in [5, 5.41) is 2.93. The Hall–Kier alpha value is -2.37. The third kappa shape index (κ3) is 7.68. The van der Waals surface area contributed by atoms with Gasteiger partial charge in [0, 0.05) is 5.69 Å². The lowest BCUT2D eigenvalue weighted by atomic mass is 10.2. The highest BCUT2D eigenvalue weighted by Crippen LogP contribution is 2.22. The van der Waals surface area contributed by atoms with Gasteiger partial charge >= 0.3 is 0 Å². The van der Waals surface area contributed by atoms with Gasteiger partial charge < -0.3 is 15.0 Å². The summed E-state index contributed by atoms with van der Waals surface area (Å²) < 4.78 is 5.75. The molecular formula is C21H29N3O2. The Bertz CT molecular complexity index is 657. The van der Waals surface area contributed by atoms with Crippen LogP contribution in [-0.2, 0) is 4.79 Å². The lowest BCUT2D eigenvalue weighted by Gasteiger charge is -2.17. The van der Waals surface area contributed by atoms with E-state index in [4.69, 9.17) is 4.74 Å². The normalized spacial score (nSPS) is 11.0. The summed E-state index contributed by atoms with van der Waals surface area (Å²) >= 11 is 0. The number of amides is 1. The molecule has 1 N–H and O–H groups in total. The van der Waals surface area contributed by atoms with Gasteiger partial charge in [-0.05, 0) is 83.5 Å². The lowest BCUT2D eigenvalue weighted by molar-refractivity contribution is -0.117. The van der Waals surface area contributed by atoms with E-state index in [-0.39, 0.29) is 5.91 Å². The van der Waals surface area contributed by atoms with Crippen LogP contribution < -0.4 is 10.1 Å². The number of likely N-dealkylation sites (N-methyl/N-ethyl adjacent to an activating group) is 1. The number of ether oxygens (including phenoxy) is 1. The molecule has 0 saturated carbocycles. The number of carbonyl (C=O) groups is 1. The van der Waals surface area contributed by atoms with E-state index in [1.54, 1.807) is 0 Å². The number of benzene rings is 2. The van der Waals surface area contributed by atoms with Crippen molar-refractivity contribution in [3.63, 3.8) is 0 Å². The van der Waals surface area contributed by atoms with Gasteiger partial charge in [0.05, 0.1) is 6.54 Å². The molecular weight excluding hydrogens is 326 g/mol. The molecule has 5 heteroatoms. The van der Waals surface area contributed by atoms with Crippen molar-refractivity contribution in [3.8, 4) is 11.5 Å². The Morgan fingerprint density at radius 3 is 2.15 bits per heavy atom. The fourth-order valence-electron chi connectivity index (χ4n) is 2.57. The number of nitrogens with one attached hydrogen (secondary N) is 1. The Labute approximate surface area is 156 Å². The Morgan fingerprint density at radius 2 is 1.50 bits per heavy atom. The molecule has 0 aliphatic heterocycles. The topological polar surface area (TPSA) is 44.8 Å². The minimum Gasteiger partial charge on any atom is -0.457 e.